The number of rotatable bonds is 2. The summed E-state index contributed by atoms with van der Waals surface area (Å²) in [6.07, 6.45) is -3.14. The number of nitrogens with one attached hydrogen (secondary N) is 2. The molecule has 1 atom stereocenters. The highest BCUT2D eigenvalue weighted by Crippen LogP contribution is 2.20. The lowest BCUT2D eigenvalue weighted by Gasteiger charge is -2.19. The summed E-state index contributed by atoms with van der Waals surface area (Å²) in [5.41, 5.74) is 0.812. The molecule has 9 heteroatoms. The molecular formula is C10H14ClF3N4O. The molecule has 1 amide bonds. The van der Waals surface area contributed by atoms with Crippen LogP contribution in [-0.4, -0.2) is 34.5 Å². The Bertz CT molecular complexity index is 460. The van der Waals surface area contributed by atoms with E-state index in [1.165, 1.54) is 6.20 Å². The van der Waals surface area contributed by atoms with E-state index in [9.17, 15) is 18.0 Å². The third-order valence-electron chi connectivity index (χ3n) is 2.82. The molecule has 1 aromatic rings. The van der Waals surface area contributed by atoms with Gasteiger partial charge in [-0.3, -0.25) is 9.48 Å². The monoisotopic (exact) mass is 298 g/mol. The summed E-state index contributed by atoms with van der Waals surface area (Å²) in [5, 5.41) is 8.95. The highest BCUT2D eigenvalue weighted by atomic mass is 35.5. The number of fused-ring (bicyclic) bond motifs is 1. The molecule has 0 aromatic carbocycles. The van der Waals surface area contributed by atoms with Gasteiger partial charge >= 0.3 is 6.18 Å². The van der Waals surface area contributed by atoms with Gasteiger partial charge in [0.2, 0.25) is 0 Å². The van der Waals surface area contributed by atoms with E-state index in [0.29, 0.717) is 18.8 Å². The van der Waals surface area contributed by atoms with E-state index in [1.807, 2.05) is 5.32 Å². The molecule has 0 saturated heterocycles. The van der Waals surface area contributed by atoms with Crippen LogP contribution in [0.1, 0.15) is 23.0 Å². The summed E-state index contributed by atoms with van der Waals surface area (Å²) in [5.74, 6) is -0.746. The van der Waals surface area contributed by atoms with Crippen LogP contribution in [0.5, 0.6) is 0 Å². The first kappa shape index (κ1) is 15.8. The van der Waals surface area contributed by atoms with E-state index in [-0.39, 0.29) is 18.0 Å². The van der Waals surface area contributed by atoms with Crippen molar-refractivity contribution in [3.63, 3.8) is 0 Å². The van der Waals surface area contributed by atoms with Crippen LogP contribution in [-0.2, 0) is 13.1 Å². The molecule has 0 radical (unpaired) electrons. The van der Waals surface area contributed by atoms with Crippen LogP contribution in [0.15, 0.2) is 6.20 Å². The molecule has 2 N–H and O–H groups in total. The maximum Gasteiger partial charge on any atom is 0.408 e. The van der Waals surface area contributed by atoms with E-state index in [1.54, 1.807) is 4.68 Å². The summed E-state index contributed by atoms with van der Waals surface area (Å²) in [7, 11) is 0. The predicted molar refractivity (Wildman–Crippen MR) is 64.2 cm³/mol. The fourth-order valence-electron chi connectivity index (χ4n) is 1.73. The molecule has 0 bridgehead atoms. The van der Waals surface area contributed by atoms with Gasteiger partial charge in [0.05, 0.1) is 24.0 Å². The Morgan fingerprint density at radius 3 is 2.89 bits per heavy atom. The minimum atomic E-state index is -4.44. The molecule has 2 heterocycles. The van der Waals surface area contributed by atoms with Gasteiger partial charge in [0.1, 0.15) is 6.04 Å². The quantitative estimate of drug-likeness (QED) is 0.859. The average molecular weight is 299 g/mol. The second-order valence-corrected chi connectivity index (χ2v) is 4.14. The van der Waals surface area contributed by atoms with Crippen LogP contribution < -0.4 is 10.6 Å². The van der Waals surface area contributed by atoms with Crippen LogP contribution in [0.25, 0.3) is 0 Å². The minimum absolute atomic E-state index is 0. The smallest absolute Gasteiger partial charge is 0.340 e. The molecule has 0 spiro atoms. The van der Waals surface area contributed by atoms with Gasteiger partial charge in [-0.05, 0) is 6.92 Å². The first-order valence-electron chi connectivity index (χ1n) is 5.52. The van der Waals surface area contributed by atoms with Crippen LogP contribution in [0.3, 0.4) is 0 Å². The first-order valence-corrected chi connectivity index (χ1v) is 5.52. The maximum absolute atomic E-state index is 12.3. The minimum Gasteiger partial charge on any atom is -0.340 e. The molecule has 1 aliphatic heterocycles. The summed E-state index contributed by atoms with van der Waals surface area (Å²) in [6.45, 7) is 2.68. The zero-order valence-electron chi connectivity index (χ0n) is 10.1. The van der Waals surface area contributed by atoms with Gasteiger partial charge in [0.15, 0.2) is 0 Å². The summed E-state index contributed by atoms with van der Waals surface area (Å²) in [4.78, 5) is 11.7. The van der Waals surface area contributed by atoms with Crippen molar-refractivity contribution in [3.05, 3.63) is 17.5 Å². The Morgan fingerprint density at radius 1 is 1.58 bits per heavy atom. The zero-order valence-corrected chi connectivity index (χ0v) is 10.9. The molecule has 0 aliphatic carbocycles. The van der Waals surface area contributed by atoms with Crippen LogP contribution in [0.4, 0.5) is 13.2 Å². The van der Waals surface area contributed by atoms with Crippen molar-refractivity contribution in [1.29, 1.82) is 0 Å². The highest BCUT2D eigenvalue weighted by Gasteiger charge is 2.37. The van der Waals surface area contributed by atoms with Crippen LogP contribution >= 0.6 is 12.4 Å². The number of hydrogen-bond acceptors (Lipinski definition) is 3. The second-order valence-electron chi connectivity index (χ2n) is 4.14. The van der Waals surface area contributed by atoms with Crippen LogP contribution in [0.2, 0.25) is 0 Å². The van der Waals surface area contributed by atoms with Gasteiger partial charge < -0.3 is 10.6 Å². The van der Waals surface area contributed by atoms with Crippen molar-refractivity contribution in [1.82, 2.24) is 20.4 Å². The highest BCUT2D eigenvalue weighted by molar-refractivity contribution is 5.95. The number of alkyl halides is 3. The Hall–Kier alpha value is -1.28. The SMILES string of the molecule is C[C@@H](NC(=O)c1cnn2c1CNCC2)C(F)(F)F.Cl. The largest absolute Gasteiger partial charge is 0.408 e. The lowest BCUT2D eigenvalue weighted by molar-refractivity contribution is -0.149. The van der Waals surface area contributed by atoms with E-state index >= 15 is 0 Å². The number of halogens is 4. The Kier molecular flexibility index (Phi) is 4.81. The fraction of sp³-hybridized carbons (Fsp3) is 0.600. The molecule has 108 valence electrons. The van der Waals surface area contributed by atoms with E-state index in [2.05, 4.69) is 10.4 Å². The van der Waals surface area contributed by atoms with Crippen LogP contribution in [0, 0.1) is 0 Å². The molecule has 1 aromatic heterocycles. The molecule has 0 unspecified atom stereocenters. The Morgan fingerprint density at radius 2 is 2.26 bits per heavy atom. The van der Waals surface area contributed by atoms with Gasteiger partial charge in [-0.15, -0.1) is 12.4 Å². The number of aromatic nitrogens is 2. The van der Waals surface area contributed by atoms with Crippen molar-refractivity contribution >= 4 is 18.3 Å². The lowest BCUT2D eigenvalue weighted by atomic mass is 10.2. The predicted octanol–water partition coefficient (Wildman–Crippen LogP) is 1.09. The average Bonchev–Trinajstić information content (AvgIpc) is 2.71. The molecule has 0 fully saturated rings. The second kappa shape index (κ2) is 5.79. The molecule has 5 nitrogen and oxygen atoms in total. The van der Waals surface area contributed by atoms with E-state index in [4.69, 9.17) is 0 Å². The molecule has 1 aliphatic rings. The third-order valence-corrected chi connectivity index (χ3v) is 2.82. The van der Waals surface area contributed by atoms with Crippen molar-refractivity contribution in [3.8, 4) is 0 Å². The Labute approximate surface area is 113 Å². The number of carbonyl (C=O) groups is 1. The van der Waals surface area contributed by atoms with Crippen molar-refractivity contribution < 1.29 is 18.0 Å². The van der Waals surface area contributed by atoms with Gasteiger partial charge in [0, 0.05) is 13.1 Å². The third kappa shape index (κ3) is 3.38. The number of hydrogen-bond donors (Lipinski definition) is 2. The van der Waals surface area contributed by atoms with Crippen molar-refractivity contribution in [2.24, 2.45) is 0 Å². The van der Waals surface area contributed by atoms with Gasteiger partial charge in [-0.2, -0.15) is 18.3 Å². The Balaban J connectivity index is 0.00000180. The molecule has 19 heavy (non-hydrogen) atoms. The van der Waals surface area contributed by atoms with E-state index in [0.717, 1.165) is 13.5 Å². The first-order chi connectivity index (χ1) is 8.39. The van der Waals surface area contributed by atoms with E-state index < -0.39 is 18.1 Å². The topological polar surface area (TPSA) is 59.0 Å². The standard InChI is InChI=1S/C10H13F3N4O.ClH/c1-6(10(11,12)13)16-9(18)7-4-15-17-3-2-14-5-8(7)17;/h4,6,14H,2-3,5H2,1H3,(H,16,18);1H/t6-;/m1./s1. The zero-order chi connectivity index (χ0) is 13.3. The lowest BCUT2D eigenvalue weighted by Crippen LogP contribution is -2.43. The summed E-state index contributed by atoms with van der Waals surface area (Å²) < 4.78 is 38.7. The van der Waals surface area contributed by atoms with Crippen molar-refractivity contribution in [2.75, 3.05) is 6.54 Å². The maximum atomic E-state index is 12.3. The van der Waals surface area contributed by atoms with Gasteiger partial charge in [0.25, 0.3) is 5.91 Å². The summed E-state index contributed by atoms with van der Waals surface area (Å²) >= 11 is 0. The van der Waals surface area contributed by atoms with Gasteiger partial charge in [-0.1, -0.05) is 0 Å². The molecule has 0 saturated carbocycles. The molecular weight excluding hydrogens is 285 g/mol. The fourth-order valence-corrected chi connectivity index (χ4v) is 1.73. The number of nitrogens with zero attached hydrogens (tertiary/aromatic N) is 2. The summed E-state index contributed by atoms with van der Waals surface area (Å²) in [6, 6.07) is -1.88. The normalized spacial score (nSPS) is 16.2. The molecule has 2 rings (SSSR count). The number of carbonyl (C=O) groups excluding carboxylic acids is 1. The van der Waals surface area contributed by atoms with Gasteiger partial charge in [-0.25, -0.2) is 0 Å². The van der Waals surface area contributed by atoms with Crippen molar-refractivity contribution in [2.45, 2.75) is 32.2 Å². The number of amides is 1.